The molecule has 29 heavy (non-hydrogen) atoms. The summed E-state index contributed by atoms with van der Waals surface area (Å²) >= 11 is 9.64. The third-order valence-electron chi connectivity index (χ3n) is 5.31. The van der Waals surface area contributed by atoms with Crippen LogP contribution in [0.5, 0.6) is 0 Å². The quantitative estimate of drug-likeness (QED) is 0.510. The zero-order valence-corrected chi connectivity index (χ0v) is 17.6. The van der Waals surface area contributed by atoms with Crippen LogP contribution < -0.4 is 15.5 Å². The normalized spacial score (nSPS) is 19.6. The van der Waals surface area contributed by atoms with Gasteiger partial charge in [-0.05, 0) is 55.5 Å². The smallest absolute Gasteiger partial charge is 0.276 e. The number of carbonyl (C=O) groups is 2. The molecule has 0 fully saturated rings. The molecule has 1 unspecified atom stereocenters. The van der Waals surface area contributed by atoms with Gasteiger partial charge in [-0.25, -0.2) is 0 Å². The molecule has 144 valence electrons. The molecule has 2 aliphatic rings. The van der Waals surface area contributed by atoms with Crippen molar-refractivity contribution in [2.75, 3.05) is 15.5 Å². The molecule has 2 N–H and O–H groups in total. The van der Waals surface area contributed by atoms with Gasteiger partial charge < -0.3 is 10.6 Å². The second kappa shape index (κ2) is 6.34. The van der Waals surface area contributed by atoms with Crippen molar-refractivity contribution in [1.29, 1.82) is 0 Å². The largest absolute Gasteiger partial charge is 0.350 e. The number of amides is 2. The van der Waals surface area contributed by atoms with Crippen molar-refractivity contribution >= 4 is 56.4 Å². The summed E-state index contributed by atoms with van der Waals surface area (Å²) in [6.07, 6.45) is 0. The standard InChI is InChI=1S/C22H15BrClN3O2/c1-12-2-6-15(7-3-12)27-20(28)16-11-14(24)5-9-18(16)26-22(27)17-10-13(23)4-8-19(17)25-21(22)29/h2-11,26H,1H3,(H,25,29). The Kier molecular flexibility index (Phi) is 3.98. The van der Waals surface area contributed by atoms with Crippen LogP contribution >= 0.6 is 27.5 Å². The highest BCUT2D eigenvalue weighted by Crippen LogP contribution is 2.48. The fraction of sp³-hybridized carbons (Fsp3) is 0.0909. The summed E-state index contributed by atoms with van der Waals surface area (Å²) in [6.45, 7) is 1.97. The lowest BCUT2D eigenvalue weighted by atomic mass is 9.92. The van der Waals surface area contributed by atoms with Gasteiger partial charge in [0, 0.05) is 32.1 Å². The number of rotatable bonds is 1. The minimum atomic E-state index is -1.41. The molecule has 0 aliphatic carbocycles. The van der Waals surface area contributed by atoms with Gasteiger partial charge in [-0.3, -0.25) is 14.5 Å². The monoisotopic (exact) mass is 467 g/mol. The van der Waals surface area contributed by atoms with Gasteiger partial charge in [0.15, 0.2) is 0 Å². The Balaban J connectivity index is 1.82. The molecular formula is C22H15BrClN3O2. The van der Waals surface area contributed by atoms with Crippen molar-refractivity contribution in [2.45, 2.75) is 12.6 Å². The number of fused-ring (bicyclic) bond motifs is 3. The van der Waals surface area contributed by atoms with E-state index in [4.69, 9.17) is 11.6 Å². The summed E-state index contributed by atoms with van der Waals surface area (Å²) in [5.41, 5.74) is 2.57. The summed E-state index contributed by atoms with van der Waals surface area (Å²) in [7, 11) is 0. The molecule has 2 aliphatic heterocycles. The van der Waals surface area contributed by atoms with Crippen molar-refractivity contribution in [2.24, 2.45) is 0 Å². The number of aryl methyl sites for hydroxylation is 1. The number of hydrogen-bond acceptors (Lipinski definition) is 3. The third kappa shape index (κ3) is 2.59. The van der Waals surface area contributed by atoms with E-state index in [0.29, 0.717) is 33.2 Å². The van der Waals surface area contributed by atoms with Crippen molar-refractivity contribution < 1.29 is 9.59 Å². The number of halogens is 2. The maximum absolute atomic E-state index is 13.7. The van der Waals surface area contributed by atoms with Crippen LogP contribution in [0.15, 0.2) is 65.1 Å². The van der Waals surface area contributed by atoms with E-state index in [9.17, 15) is 9.59 Å². The first kappa shape index (κ1) is 18.2. The van der Waals surface area contributed by atoms with Crippen molar-refractivity contribution in [3.05, 3.63) is 86.8 Å². The van der Waals surface area contributed by atoms with E-state index in [2.05, 4.69) is 26.6 Å². The van der Waals surface area contributed by atoms with Crippen LogP contribution in [0, 0.1) is 6.92 Å². The average molecular weight is 469 g/mol. The van der Waals surface area contributed by atoms with E-state index in [1.54, 1.807) is 18.2 Å². The fourth-order valence-corrected chi connectivity index (χ4v) is 4.47. The Hall–Kier alpha value is -2.83. The van der Waals surface area contributed by atoms with Gasteiger partial charge in [-0.1, -0.05) is 45.2 Å². The number of hydrogen-bond donors (Lipinski definition) is 2. The molecule has 0 saturated heterocycles. The first-order valence-electron chi connectivity index (χ1n) is 9.00. The molecule has 0 bridgehead atoms. The molecule has 0 radical (unpaired) electrons. The van der Waals surface area contributed by atoms with Gasteiger partial charge in [0.05, 0.1) is 5.56 Å². The van der Waals surface area contributed by atoms with Crippen molar-refractivity contribution in [1.82, 2.24) is 0 Å². The highest BCUT2D eigenvalue weighted by molar-refractivity contribution is 9.10. The zero-order chi connectivity index (χ0) is 20.3. The number of benzene rings is 3. The predicted molar refractivity (Wildman–Crippen MR) is 118 cm³/mol. The Bertz CT molecular complexity index is 1200. The topological polar surface area (TPSA) is 61.4 Å². The van der Waals surface area contributed by atoms with E-state index in [1.165, 1.54) is 4.90 Å². The Morgan fingerprint density at radius 2 is 1.69 bits per heavy atom. The maximum atomic E-state index is 13.7. The molecule has 1 spiro atoms. The van der Waals surface area contributed by atoms with Gasteiger partial charge in [-0.2, -0.15) is 0 Å². The average Bonchev–Trinajstić information content (AvgIpc) is 2.96. The molecule has 7 heteroatoms. The first-order chi connectivity index (χ1) is 13.9. The van der Waals surface area contributed by atoms with Crippen LogP contribution in [0.25, 0.3) is 0 Å². The van der Waals surface area contributed by atoms with Gasteiger partial charge in [0.2, 0.25) is 5.66 Å². The maximum Gasteiger partial charge on any atom is 0.276 e. The highest BCUT2D eigenvalue weighted by atomic mass is 79.9. The molecule has 1 atom stereocenters. The number of anilines is 3. The van der Waals surface area contributed by atoms with Gasteiger partial charge >= 0.3 is 0 Å². The second-order valence-corrected chi connectivity index (χ2v) is 8.50. The lowest BCUT2D eigenvalue weighted by Gasteiger charge is -2.44. The fourth-order valence-electron chi connectivity index (χ4n) is 3.94. The molecule has 0 aromatic heterocycles. The SMILES string of the molecule is Cc1ccc(N2C(=O)c3cc(Cl)ccc3NC23C(=O)Nc2ccc(Br)cc23)cc1. The summed E-state index contributed by atoms with van der Waals surface area (Å²) in [6, 6.07) is 18.1. The van der Waals surface area contributed by atoms with Crippen LogP contribution in [0.3, 0.4) is 0 Å². The Morgan fingerprint density at radius 1 is 0.966 bits per heavy atom. The van der Waals surface area contributed by atoms with Gasteiger partial charge in [0.1, 0.15) is 0 Å². The first-order valence-corrected chi connectivity index (χ1v) is 10.2. The predicted octanol–water partition coefficient (Wildman–Crippen LogP) is 5.29. The molecule has 2 amide bonds. The number of nitrogens with one attached hydrogen (secondary N) is 2. The highest BCUT2D eigenvalue weighted by Gasteiger charge is 2.57. The van der Waals surface area contributed by atoms with Crippen LogP contribution in [0.2, 0.25) is 5.02 Å². The molecule has 3 aromatic carbocycles. The Labute approximate surface area is 180 Å². The lowest BCUT2D eigenvalue weighted by molar-refractivity contribution is -0.119. The number of carbonyl (C=O) groups excluding carboxylic acids is 2. The molecule has 2 heterocycles. The minimum Gasteiger partial charge on any atom is -0.350 e. The zero-order valence-electron chi connectivity index (χ0n) is 15.3. The van der Waals surface area contributed by atoms with Crippen LogP contribution in [0.1, 0.15) is 21.5 Å². The Morgan fingerprint density at radius 3 is 2.45 bits per heavy atom. The molecular weight excluding hydrogens is 454 g/mol. The minimum absolute atomic E-state index is 0.298. The van der Waals surface area contributed by atoms with Crippen molar-refractivity contribution in [3.63, 3.8) is 0 Å². The molecule has 5 rings (SSSR count). The van der Waals surface area contributed by atoms with Crippen molar-refractivity contribution in [3.8, 4) is 0 Å². The molecule has 0 saturated carbocycles. The van der Waals surface area contributed by atoms with E-state index in [-0.39, 0.29) is 11.8 Å². The third-order valence-corrected chi connectivity index (χ3v) is 6.03. The van der Waals surface area contributed by atoms with Gasteiger partial charge in [-0.15, -0.1) is 0 Å². The number of nitrogens with zero attached hydrogens (tertiary/aromatic N) is 1. The van der Waals surface area contributed by atoms with Crippen LogP contribution in [-0.2, 0) is 10.5 Å². The van der Waals surface area contributed by atoms with Gasteiger partial charge in [0.25, 0.3) is 11.8 Å². The van der Waals surface area contributed by atoms with E-state index >= 15 is 0 Å². The van der Waals surface area contributed by atoms with Crippen LogP contribution in [0.4, 0.5) is 17.1 Å². The van der Waals surface area contributed by atoms with E-state index < -0.39 is 5.66 Å². The molecule has 3 aromatic rings. The summed E-state index contributed by atoms with van der Waals surface area (Å²) in [4.78, 5) is 28.6. The summed E-state index contributed by atoms with van der Waals surface area (Å²) in [5, 5.41) is 6.71. The second-order valence-electron chi connectivity index (χ2n) is 7.15. The van der Waals surface area contributed by atoms with Crippen LogP contribution in [-0.4, -0.2) is 11.8 Å². The lowest BCUT2D eigenvalue weighted by Crippen LogP contribution is -2.61. The summed E-state index contributed by atoms with van der Waals surface area (Å²) in [5.74, 6) is -0.617. The molecule has 5 nitrogen and oxygen atoms in total. The summed E-state index contributed by atoms with van der Waals surface area (Å²) < 4.78 is 0.812. The van der Waals surface area contributed by atoms with E-state index in [1.807, 2.05) is 49.4 Å². The van der Waals surface area contributed by atoms with E-state index in [0.717, 1.165) is 10.0 Å².